The first-order valence-corrected chi connectivity index (χ1v) is 8.41. The van der Waals surface area contributed by atoms with Gasteiger partial charge in [0.25, 0.3) is 0 Å². The van der Waals surface area contributed by atoms with E-state index in [4.69, 9.17) is 11.3 Å². The zero-order chi connectivity index (χ0) is 16.9. The third kappa shape index (κ3) is 3.59. The molecular weight excluding hydrogens is 300 g/mol. The molecular formula is C18H24N6. The second-order valence-electron chi connectivity index (χ2n) is 6.46. The van der Waals surface area contributed by atoms with Gasteiger partial charge in [0.05, 0.1) is 11.7 Å². The molecule has 4 N–H and O–H groups in total. The highest BCUT2D eigenvalue weighted by molar-refractivity contribution is 5.72. The summed E-state index contributed by atoms with van der Waals surface area (Å²) in [6.45, 7) is 5.11. The van der Waals surface area contributed by atoms with Gasteiger partial charge in [-0.25, -0.2) is 10.5 Å². The maximum Gasteiger partial charge on any atom is 0.154 e. The topological polar surface area (TPSA) is 99.5 Å². The summed E-state index contributed by atoms with van der Waals surface area (Å²) in [5.74, 6) is 1.76. The highest BCUT2D eigenvalue weighted by Crippen LogP contribution is 2.34. The molecule has 1 aromatic heterocycles. The number of hydrogen-bond acceptors (Lipinski definition) is 6. The SMILES string of the molecule is C=C(CN)c1ccc(N=N)c(NCC2CCC3N=CC=CC3C2)n1. The number of aliphatic imine (C=N–C) groups is 1. The zero-order valence-electron chi connectivity index (χ0n) is 13.8. The van der Waals surface area contributed by atoms with E-state index in [0.29, 0.717) is 35.9 Å². The van der Waals surface area contributed by atoms with Crippen molar-refractivity contribution < 1.29 is 0 Å². The lowest BCUT2D eigenvalue weighted by Crippen LogP contribution is -2.31. The number of fused-ring (bicyclic) bond motifs is 1. The van der Waals surface area contributed by atoms with Crippen LogP contribution in [0.3, 0.4) is 0 Å². The quantitative estimate of drug-likeness (QED) is 0.698. The number of nitrogens with two attached hydrogens (primary N) is 1. The van der Waals surface area contributed by atoms with E-state index < -0.39 is 0 Å². The molecule has 24 heavy (non-hydrogen) atoms. The molecule has 1 aliphatic carbocycles. The van der Waals surface area contributed by atoms with Gasteiger partial charge < -0.3 is 11.1 Å². The molecule has 2 aliphatic rings. The van der Waals surface area contributed by atoms with E-state index in [1.54, 1.807) is 6.07 Å². The van der Waals surface area contributed by atoms with Crippen LogP contribution in [0.4, 0.5) is 11.5 Å². The van der Waals surface area contributed by atoms with Crippen molar-refractivity contribution in [3.05, 3.63) is 36.6 Å². The van der Waals surface area contributed by atoms with Gasteiger partial charge >= 0.3 is 0 Å². The van der Waals surface area contributed by atoms with Crippen LogP contribution in [-0.4, -0.2) is 30.3 Å². The number of aromatic nitrogens is 1. The predicted octanol–water partition coefficient (Wildman–Crippen LogP) is 3.55. The molecule has 3 rings (SSSR count). The van der Waals surface area contributed by atoms with Crippen molar-refractivity contribution in [2.24, 2.45) is 27.7 Å². The van der Waals surface area contributed by atoms with Gasteiger partial charge in [0.2, 0.25) is 0 Å². The molecule has 0 bridgehead atoms. The first-order valence-electron chi connectivity index (χ1n) is 8.41. The molecule has 0 radical (unpaired) electrons. The number of rotatable bonds is 6. The van der Waals surface area contributed by atoms with E-state index in [0.717, 1.165) is 37.1 Å². The van der Waals surface area contributed by atoms with E-state index in [9.17, 15) is 0 Å². The van der Waals surface area contributed by atoms with Crippen molar-refractivity contribution in [2.75, 3.05) is 18.4 Å². The molecule has 0 spiro atoms. The summed E-state index contributed by atoms with van der Waals surface area (Å²) in [4.78, 5) is 9.10. The molecule has 1 saturated carbocycles. The first kappa shape index (κ1) is 16.5. The lowest BCUT2D eigenvalue weighted by atomic mass is 9.77. The summed E-state index contributed by atoms with van der Waals surface area (Å²) in [5, 5.41) is 6.94. The minimum atomic E-state index is 0.363. The lowest BCUT2D eigenvalue weighted by Gasteiger charge is -2.33. The average Bonchev–Trinajstić information content (AvgIpc) is 2.65. The molecule has 6 nitrogen and oxygen atoms in total. The van der Waals surface area contributed by atoms with Gasteiger partial charge in [0.1, 0.15) is 5.69 Å². The van der Waals surface area contributed by atoms with E-state index in [1.807, 2.05) is 12.3 Å². The summed E-state index contributed by atoms with van der Waals surface area (Å²) < 4.78 is 0. The molecule has 3 unspecified atom stereocenters. The Morgan fingerprint density at radius 3 is 3.08 bits per heavy atom. The van der Waals surface area contributed by atoms with E-state index in [-0.39, 0.29) is 0 Å². The van der Waals surface area contributed by atoms with Crippen LogP contribution in [-0.2, 0) is 0 Å². The van der Waals surface area contributed by atoms with Crippen LogP contribution in [0.25, 0.3) is 5.57 Å². The Kier molecular flexibility index (Phi) is 5.15. The van der Waals surface area contributed by atoms with Gasteiger partial charge in [-0.1, -0.05) is 12.7 Å². The van der Waals surface area contributed by atoms with Gasteiger partial charge in [-0.3, -0.25) is 4.99 Å². The van der Waals surface area contributed by atoms with Gasteiger partial charge in [-0.15, -0.1) is 0 Å². The van der Waals surface area contributed by atoms with Gasteiger partial charge in [-0.2, -0.15) is 5.11 Å². The van der Waals surface area contributed by atoms with Crippen molar-refractivity contribution in [1.29, 1.82) is 5.53 Å². The molecule has 1 fully saturated rings. The minimum Gasteiger partial charge on any atom is -0.368 e. The monoisotopic (exact) mass is 324 g/mol. The van der Waals surface area contributed by atoms with Crippen LogP contribution in [0.1, 0.15) is 25.0 Å². The van der Waals surface area contributed by atoms with Crippen LogP contribution in [0.2, 0.25) is 0 Å². The van der Waals surface area contributed by atoms with Gasteiger partial charge in [0.15, 0.2) is 5.82 Å². The number of allylic oxidation sites excluding steroid dienone is 1. The Morgan fingerprint density at radius 2 is 2.29 bits per heavy atom. The van der Waals surface area contributed by atoms with Crippen molar-refractivity contribution >= 4 is 23.3 Å². The summed E-state index contributed by atoms with van der Waals surface area (Å²) >= 11 is 0. The predicted molar refractivity (Wildman–Crippen MR) is 97.9 cm³/mol. The molecule has 126 valence electrons. The standard InChI is InChI=1S/C18H24N6/c1-12(10-19)15-6-7-17(24-20)18(23-15)22-11-13-4-5-16-14(9-13)3-2-8-21-16/h2-3,6-8,13-14,16,20H,1,4-5,9-11,19H2,(H,22,23). The largest absolute Gasteiger partial charge is 0.368 e. The van der Waals surface area contributed by atoms with Crippen LogP contribution in [0.5, 0.6) is 0 Å². The molecule has 0 aromatic carbocycles. The second kappa shape index (κ2) is 7.49. The summed E-state index contributed by atoms with van der Waals surface area (Å²) in [6.07, 6.45) is 9.67. The summed E-state index contributed by atoms with van der Waals surface area (Å²) in [5.41, 5.74) is 15.0. The van der Waals surface area contributed by atoms with Crippen LogP contribution < -0.4 is 11.1 Å². The Balaban J connectivity index is 1.65. The fourth-order valence-electron chi connectivity index (χ4n) is 3.42. The molecule has 0 amide bonds. The van der Waals surface area contributed by atoms with Crippen molar-refractivity contribution in [3.63, 3.8) is 0 Å². The van der Waals surface area contributed by atoms with Gasteiger partial charge in [-0.05, 0) is 54.9 Å². The molecule has 1 aromatic rings. The smallest absolute Gasteiger partial charge is 0.154 e. The number of dihydropyridines is 1. The van der Waals surface area contributed by atoms with E-state index >= 15 is 0 Å². The molecule has 2 heterocycles. The Labute approximate surface area is 142 Å². The van der Waals surface area contributed by atoms with E-state index in [2.05, 4.69) is 39.1 Å². The fraction of sp³-hybridized carbons (Fsp3) is 0.444. The third-order valence-electron chi connectivity index (χ3n) is 4.85. The Morgan fingerprint density at radius 1 is 1.42 bits per heavy atom. The first-order chi connectivity index (χ1) is 11.7. The molecule has 6 heteroatoms. The Hall–Kier alpha value is -2.34. The third-order valence-corrected chi connectivity index (χ3v) is 4.85. The molecule has 3 atom stereocenters. The average molecular weight is 324 g/mol. The maximum absolute atomic E-state index is 7.32. The van der Waals surface area contributed by atoms with Crippen molar-refractivity contribution in [3.8, 4) is 0 Å². The Bertz CT molecular complexity index is 678. The van der Waals surface area contributed by atoms with Crippen LogP contribution in [0.15, 0.2) is 41.0 Å². The second-order valence-corrected chi connectivity index (χ2v) is 6.46. The summed E-state index contributed by atoms with van der Waals surface area (Å²) in [7, 11) is 0. The molecule has 1 aliphatic heterocycles. The van der Waals surface area contributed by atoms with E-state index in [1.165, 1.54) is 0 Å². The van der Waals surface area contributed by atoms with Crippen LogP contribution >= 0.6 is 0 Å². The number of nitrogens with one attached hydrogen (secondary N) is 2. The summed E-state index contributed by atoms with van der Waals surface area (Å²) in [6, 6.07) is 4.05. The fourth-order valence-corrected chi connectivity index (χ4v) is 3.42. The number of nitrogens with zero attached hydrogens (tertiary/aromatic N) is 3. The maximum atomic E-state index is 7.32. The molecule has 0 saturated heterocycles. The van der Waals surface area contributed by atoms with Crippen molar-refractivity contribution in [2.45, 2.75) is 25.3 Å². The zero-order valence-corrected chi connectivity index (χ0v) is 13.8. The van der Waals surface area contributed by atoms with Crippen LogP contribution in [0, 0.1) is 17.4 Å². The van der Waals surface area contributed by atoms with Crippen molar-refractivity contribution in [1.82, 2.24) is 4.98 Å². The number of pyridine rings is 1. The lowest BCUT2D eigenvalue weighted by molar-refractivity contribution is 0.280. The normalized spacial score (nSPS) is 25.1. The number of hydrogen-bond donors (Lipinski definition) is 3. The highest BCUT2D eigenvalue weighted by atomic mass is 15.1. The number of anilines is 1. The highest BCUT2D eigenvalue weighted by Gasteiger charge is 2.29. The van der Waals surface area contributed by atoms with Gasteiger partial charge in [0, 0.05) is 19.3 Å². The minimum absolute atomic E-state index is 0.363.